The Labute approximate surface area is 123 Å². The van der Waals surface area contributed by atoms with Gasteiger partial charge in [-0.1, -0.05) is 25.1 Å². The van der Waals surface area contributed by atoms with Gasteiger partial charge in [-0.05, 0) is 41.8 Å². The van der Waals surface area contributed by atoms with Gasteiger partial charge in [0.1, 0.15) is 24.2 Å². The van der Waals surface area contributed by atoms with Crippen LogP contribution in [0.3, 0.4) is 0 Å². The molecule has 0 aliphatic heterocycles. The molecule has 2 rings (SSSR count). The van der Waals surface area contributed by atoms with Gasteiger partial charge in [0.2, 0.25) is 0 Å². The molecule has 0 unspecified atom stereocenters. The molecular formula is C17H16FNO2. The zero-order chi connectivity index (χ0) is 15.2. The molecule has 0 saturated heterocycles. The predicted molar refractivity (Wildman–Crippen MR) is 77.1 cm³/mol. The van der Waals surface area contributed by atoms with Gasteiger partial charge in [-0.15, -0.1) is 0 Å². The molecule has 0 aromatic heterocycles. The van der Waals surface area contributed by atoms with Gasteiger partial charge in [0.15, 0.2) is 0 Å². The molecule has 0 saturated carbocycles. The van der Waals surface area contributed by atoms with Crippen LogP contribution in [0.25, 0.3) is 0 Å². The number of hydrogen-bond donors (Lipinski definition) is 1. The standard InChI is InChI=1S/C17H16FNO2/c1-2-17(20)13-4-6-15(7-5-13)21-11-12-3-8-16(18)14(9-12)10-19/h3-9,17,20H,2,11H2,1H3/t17-/m1/s1. The third kappa shape index (κ3) is 3.80. The summed E-state index contributed by atoms with van der Waals surface area (Å²) in [7, 11) is 0. The molecule has 2 aromatic rings. The summed E-state index contributed by atoms with van der Waals surface area (Å²) in [6.45, 7) is 2.17. The van der Waals surface area contributed by atoms with E-state index in [4.69, 9.17) is 10.00 Å². The smallest absolute Gasteiger partial charge is 0.140 e. The summed E-state index contributed by atoms with van der Waals surface area (Å²) < 4.78 is 18.8. The van der Waals surface area contributed by atoms with Crippen LogP contribution in [0.2, 0.25) is 0 Å². The molecule has 0 spiro atoms. The quantitative estimate of drug-likeness (QED) is 0.911. The Balaban J connectivity index is 2.02. The fraction of sp³-hybridized carbons (Fsp3) is 0.235. The van der Waals surface area contributed by atoms with Crippen LogP contribution in [-0.4, -0.2) is 5.11 Å². The molecule has 0 radical (unpaired) electrons. The highest BCUT2D eigenvalue weighted by atomic mass is 19.1. The predicted octanol–water partition coefficient (Wildman–Crippen LogP) is 3.72. The highest BCUT2D eigenvalue weighted by molar-refractivity contribution is 5.34. The number of halogens is 1. The number of rotatable bonds is 5. The van der Waals surface area contributed by atoms with Crippen LogP contribution in [0.15, 0.2) is 42.5 Å². The summed E-state index contributed by atoms with van der Waals surface area (Å²) in [6.07, 6.45) is 0.196. The summed E-state index contributed by atoms with van der Waals surface area (Å²) in [5.41, 5.74) is 1.58. The van der Waals surface area contributed by atoms with E-state index in [-0.39, 0.29) is 12.2 Å². The summed E-state index contributed by atoms with van der Waals surface area (Å²) in [6, 6.07) is 13.3. The second-order valence-corrected chi connectivity index (χ2v) is 4.71. The lowest BCUT2D eigenvalue weighted by atomic mass is 10.1. The molecule has 2 aromatic carbocycles. The average Bonchev–Trinajstić information content (AvgIpc) is 2.53. The number of ether oxygens (including phenoxy) is 1. The molecule has 108 valence electrons. The zero-order valence-electron chi connectivity index (χ0n) is 11.7. The first kappa shape index (κ1) is 15.0. The van der Waals surface area contributed by atoms with E-state index in [1.807, 2.05) is 19.1 Å². The first-order valence-corrected chi connectivity index (χ1v) is 6.73. The van der Waals surface area contributed by atoms with Gasteiger partial charge in [0.05, 0.1) is 11.7 Å². The van der Waals surface area contributed by atoms with E-state index in [1.54, 1.807) is 24.3 Å². The maximum absolute atomic E-state index is 13.2. The zero-order valence-corrected chi connectivity index (χ0v) is 11.7. The highest BCUT2D eigenvalue weighted by Crippen LogP contribution is 2.20. The Morgan fingerprint density at radius 3 is 2.57 bits per heavy atom. The van der Waals surface area contributed by atoms with Gasteiger partial charge in [-0.3, -0.25) is 0 Å². The van der Waals surface area contributed by atoms with Gasteiger partial charge in [-0.2, -0.15) is 5.26 Å². The summed E-state index contributed by atoms with van der Waals surface area (Å²) in [5, 5.41) is 18.5. The van der Waals surface area contributed by atoms with Crippen LogP contribution in [-0.2, 0) is 6.61 Å². The Morgan fingerprint density at radius 2 is 1.95 bits per heavy atom. The lowest BCUT2D eigenvalue weighted by molar-refractivity contribution is 0.173. The molecule has 1 atom stereocenters. The number of hydrogen-bond acceptors (Lipinski definition) is 3. The molecule has 21 heavy (non-hydrogen) atoms. The van der Waals surface area contributed by atoms with Crippen molar-refractivity contribution < 1.29 is 14.2 Å². The molecule has 0 amide bonds. The van der Waals surface area contributed by atoms with Crippen LogP contribution in [0.1, 0.15) is 36.1 Å². The highest BCUT2D eigenvalue weighted by Gasteiger charge is 2.06. The third-order valence-corrected chi connectivity index (χ3v) is 3.21. The van der Waals surface area contributed by atoms with Crippen LogP contribution in [0.5, 0.6) is 5.75 Å². The van der Waals surface area contributed by atoms with Crippen molar-refractivity contribution in [2.75, 3.05) is 0 Å². The molecule has 0 heterocycles. The lowest BCUT2D eigenvalue weighted by Crippen LogP contribution is -1.98. The maximum Gasteiger partial charge on any atom is 0.140 e. The summed E-state index contributed by atoms with van der Waals surface area (Å²) in [5.74, 6) is 0.129. The first-order valence-electron chi connectivity index (χ1n) is 6.73. The lowest BCUT2D eigenvalue weighted by Gasteiger charge is -2.10. The minimum Gasteiger partial charge on any atom is -0.489 e. The molecule has 0 aliphatic carbocycles. The fourth-order valence-corrected chi connectivity index (χ4v) is 1.94. The molecule has 0 aliphatic rings. The summed E-state index contributed by atoms with van der Waals surface area (Å²) in [4.78, 5) is 0. The molecule has 1 N–H and O–H groups in total. The van der Waals surface area contributed by atoms with Gasteiger partial charge >= 0.3 is 0 Å². The van der Waals surface area contributed by atoms with Crippen molar-refractivity contribution >= 4 is 0 Å². The molecule has 4 heteroatoms. The monoisotopic (exact) mass is 285 g/mol. The van der Waals surface area contributed by atoms with Crippen LogP contribution in [0.4, 0.5) is 4.39 Å². The largest absolute Gasteiger partial charge is 0.489 e. The molecule has 0 fully saturated rings. The molecular weight excluding hydrogens is 269 g/mol. The Morgan fingerprint density at radius 1 is 1.24 bits per heavy atom. The van der Waals surface area contributed by atoms with Crippen molar-refractivity contribution in [1.82, 2.24) is 0 Å². The van der Waals surface area contributed by atoms with Gasteiger partial charge in [0, 0.05) is 0 Å². The van der Waals surface area contributed by atoms with Gasteiger partial charge < -0.3 is 9.84 Å². The van der Waals surface area contributed by atoms with Crippen LogP contribution in [0, 0.1) is 17.1 Å². The van der Waals surface area contributed by atoms with Crippen molar-refractivity contribution in [2.45, 2.75) is 26.1 Å². The average molecular weight is 285 g/mol. The maximum atomic E-state index is 13.2. The minimum absolute atomic E-state index is 0.0116. The first-order chi connectivity index (χ1) is 10.1. The van der Waals surface area contributed by atoms with E-state index >= 15 is 0 Å². The van der Waals surface area contributed by atoms with Crippen molar-refractivity contribution in [1.29, 1.82) is 5.26 Å². The third-order valence-electron chi connectivity index (χ3n) is 3.21. The number of nitriles is 1. The van der Waals surface area contributed by atoms with Crippen molar-refractivity contribution in [3.05, 3.63) is 65.0 Å². The number of nitrogens with zero attached hydrogens (tertiary/aromatic N) is 1. The van der Waals surface area contributed by atoms with E-state index < -0.39 is 11.9 Å². The molecule has 3 nitrogen and oxygen atoms in total. The second-order valence-electron chi connectivity index (χ2n) is 4.71. The fourth-order valence-electron chi connectivity index (χ4n) is 1.94. The normalized spacial score (nSPS) is 11.7. The van der Waals surface area contributed by atoms with E-state index in [9.17, 15) is 9.50 Å². The topological polar surface area (TPSA) is 53.2 Å². The van der Waals surface area contributed by atoms with Crippen molar-refractivity contribution in [3.8, 4) is 11.8 Å². The van der Waals surface area contributed by atoms with Gasteiger partial charge in [-0.25, -0.2) is 4.39 Å². The van der Waals surface area contributed by atoms with Crippen LogP contribution < -0.4 is 4.74 Å². The number of aliphatic hydroxyl groups excluding tert-OH is 1. The van der Waals surface area contributed by atoms with E-state index in [1.165, 1.54) is 12.1 Å². The van der Waals surface area contributed by atoms with Crippen LogP contribution >= 0.6 is 0 Å². The Bertz CT molecular complexity index is 647. The number of aliphatic hydroxyl groups is 1. The molecule has 0 bridgehead atoms. The number of benzene rings is 2. The summed E-state index contributed by atoms with van der Waals surface area (Å²) >= 11 is 0. The van der Waals surface area contributed by atoms with E-state index in [0.29, 0.717) is 12.2 Å². The van der Waals surface area contributed by atoms with Crippen molar-refractivity contribution in [2.24, 2.45) is 0 Å². The Hall–Kier alpha value is -2.38. The van der Waals surface area contributed by atoms with E-state index in [2.05, 4.69) is 0 Å². The van der Waals surface area contributed by atoms with Crippen molar-refractivity contribution in [3.63, 3.8) is 0 Å². The van der Waals surface area contributed by atoms with E-state index in [0.717, 1.165) is 11.1 Å². The Kier molecular flexibility index (Phi) is 4.91. The second kappa shape index (κ2) is 6.87. The SMILES string of the molecule is CC[C@@H](O)c1ccc(OCc2ccc(F)c(C#N)c2)cc1. The van der Waals surface area contributed by atoms with Gasteiger partial charge in [0.25, 0.3) is 0 Å². The minimum atomic E-state index is -0.529.